The lowest BCUT2D eigenvalue weighted by Crippen LogP contribution is -2.45. The summed E-state index contributed by atoms with van der Waals surface area (Å²) in [7, 11) is 0. The van der Waals surface area contributed by atoms with Gasteiger partial charge in [0.2, 0.25) is 0 Å². The largest absolute Gasteiger partial charge is 0.487 e. The van der Waals surface area contributed by atoms with Crippen molar-refractivity contribution in [3.63, 3.8) is 0 Å². The maximum atomic E-state index is 6.14. The highest BCUT2D eigenvalue weighted by atomic mass is 127. The van der Waals surface area contributed by atoms with Crippen LogP contribution in [0, 0.1) is 13.8 Å². The number of aryl methyl sites for hydroxylation is 2. The Morgan fingerprint density at radius 3 is 2.72 bits per heavy atom. The zero-order chi connectivity index (χ0) is 20.1. The highest BCUT2D eigenvalue weighted by Gasteiger charge is 2.33. The van der Waals surface area contributed by atoms with Crippen LogP contribution in [0.5, 0.6) is 5.75 Å². The minimum absolute atomic E-state index is 0. The number of guanidine groups is 1. The first kappa shape index (κ1) is 23.5. The van der Waals surface area contributed by atoms with Crippen LogP contribution < -0.4 is 15.4 Å². The molecule has 2 aromatic rings. The van der Waals surface area contributed by atoms with Crippen molar-refractivity contribution in [3.05, 3.63) is 46.8 Å². The lowest BCUT2D eigenvalue weighted by atomic mass is 9.90. The van der Waals surface area contributed by atoms with Gasteiger partial charge in [-0.25, -0.2) is 0 Å². The Hall–Kier alpha value is -1.77. The maximum Gasteiger partial charge on any atom is 0.191 e. The summed E-state index contributed by atoms with van der Waals surface area (Å²) in [6, 6.07) is 8.41. The van der Waals surface area contributed by atoms with Crippen molar-refractivity contribution in [1.29, 1.82) is 0 Å². The summed E-state index contributed by atoms with van der Waals surface area (Å²) in [5.41, 5.74) is 3.15. The summed E-state index contributed by atoms with van der Waals surface area (Å²) in [5.74, 6) is 2.71. The number of hydrogen-bond acceptors (Lipinski definition) is 4. The van der Waals surface area contributed by atoms with E-state index in [0.29, 0.717) is 0 Å². The topological polar surface area (TPSA) is 71.7 Å². The summed E-state index contributed by atoms with van der Waals surface area (Å²) >= 11 is 0. The van der Waals surface area contributed by atoms with Gasteiger partial charge in [0.25, 0.3) is 0 Å². The molecule has 1 aromatic carbocycles. The van der Waals surface area contributed by atoms with Crippen molar-refractivity contribution < 1.29 is 9.26 Å². The molecule has 0 spiro atoms. The number of ether oxygens (including phenoxy) is 1. The Morgan fingerprint density at radius 2 is 2.03 bits per heavy atom. The number of aromatic nitrogens is 1. The third-order valence-electron chi connectivity index (χ3n) is 5.07. The van der Waals surface area contributed by atoms with Crippen molar-refractivity contribution in [2.24, 2.45) is 4.99 Å². The molecule has 1 aliphatic heterocycles. The average molecular weight is 512 g/mol. The summed E-state index contributed by atoms with van der Waals surface area (Å²) in [4.78, 5) is 4.79. The standard InChI is InChI=1S/C22H32N4O2.HI/c1-6-23-21(24-13-9-11-17-15(2)26-28-16(17)3)25-19-14-22(4,5)27-20-12-8-7-10-18(19)20;/h7-8,10,12,19H,6,9,11,13-14H2,1-5H3,(H2,23,24,25);1H. The van der Waals surface area contributed by atoms with E-state index < -0.39 is 0 Å². The van der Waals surface area contributed by atoms with Gasteiger partial charge in [0.05, 0.1) is 11.7 Å². The van der Waals surface area contributed by atoms with Crippen LogP contribution in [-0.2, 0) is 6.42 Å². The predicted molar refractivity (Wildman–Crippen MR) is 127 cm³/mol. The van der Waals surface area contributed by atoms with Gasteiger partial charge in [-0.15, -0.1) is 24.0 Å². The normalized spacial score (nSPS) is 17.7. The minimum atomic E-state index is -0.216. The lowest BCUT2D eigenvalue weighted by molar-refractivity contribution is 0.0694. The van der Waals surface area contributed by atoms with Crippen molar-refractivity contribution in [2.75, 3.05) is 13.1 Å². The quantitative estimate of drug-likeness (QED) is 0.254. The van der Waals surface area contributed by atoms with Gasteiger partial charge in [-0.2, -0.15) is 0 Å². The number of nitrogens with one attached hydrogen (secondary N) is 2. The fourth-order valence-electron chi connectivity index (χ4n) is 3.72. The molecule has 0 fully saturated rings. The lowest BCUT2D eigenvalue weighted by Gasteiger charge is -2.38. The number of benzene rings is 1. The van der Waals surface area contributed by atoms with Gasteiger partial charge >= 0.3 is 0 Å². The zero-order valence-corrected chi connectivity index (χ0v) is 20.4. The first-order valence-electron chi connectivity index (χ1n) is 10.1. The van der Waals surface area contributed by atoms with E-state index in [2.05, 4.69) is 48.7 Å². The Morgan fingerprint density at radius 1 is 1.28 bits per heavy atom. The molecule has 0 saturated heterocycles. The maximum absolute atomic E-state index is 6.14. The average Bonchev–Trinajstić information content (AvgIpc) is 2.96. The number of nitrogens with zero attached hydrogens (tertiary/aromatic N) is 2. The fraction of sp³-hybridized carbons (Fsp3) is 0.545. The Kier molecular flexibility index (Phi) is 8.36. The molecule has 0 bridgehead atoms. The predicted octanol–water partition coefficient (Wildman–Crippen LogP) is 4.70. The number of aliphatic imine (C=N–C) groups is 1. The number of fused-ring (bicyclic) bond motifs is 1. The molecule has 0 saturated carbocycles. The monoisotopic (exact) mass is 512 g/mol. The van der Waals surface area contributed by atoms with Crippen LogP contribution >= 0.6 is 24.0 Å². The Balaban J connectivity index is 0.00000300. The minimum Gasteiger partial charge on any atom is -0.487 e. The molecule has 3 rings (SSSR count). The van der Waals surface area contributed by atoms with Crippen LogP contribution in [0.3, 0.4) is 0 Å². The van der Waals surface area contributed by atoms with Gasteiger partial charge in [0.15, 0.2) is 5.96 Å². The molecule has 1 atom stereocenters. The fourth-order valence-corrected chi connectivity index (χ4v) is 3.72. The van der Waals surface area contributed by atoms with E-state index in [1.54, 1.807) is 0 Å². The summed E-state index contributed by atoms with van der Waals surface area (Å²) in [5, 5.41) is 11.0. The molecule has 1 aromatic heterocycles. The molecule has 6 nitrogen and oxygen atoms in total. The Bertz CT molecular complexity index is 812. The molecule has 29 heavy (non-hydrogen) atoms. The van der Waals surface area contributed by atoms with Crippen molar-refractivity contribution in [3.8, 4) is 5.75 Å². The molecule has 2 N–H and O–H groups in total. The number of hydrogen-bond donors (Lipinski definition) is 2. The zero-order valence-electron chi connectivity index (χ0n) is 18.0. The molecule has 1 aliphatic rings. The third-order valence-corrected chi connectivity index (χ3v) is 5.07. The first-order chi connectivity index (χ1) is 13.4. The molecule has 0 aliphatic carbocycles. The molecule has 160 valence electrons. The van der Waals surface area contributed by atoms with Gasteiger partial charge in [0.1, 0.15) is 17.1 Å². The second-order valence-electron chi connectivity index (χ2n) is 7.97. The van der Waals surface area contributed by atoms with Crippen molar-refractivity contribution in [1.82, 2.24) is 15.8 Å². The SMILES string of the molecule is CCNC(=NCCCc1c(C)noc1C)NC1CC(C)(C)Oc2ccccc21.I. The van der Waals surface area contributed by atoms with Gasteiger partial charge in [-0.1, -0.05) is 23.4 Å². The van der Waals surface area contributed by atoms with E-state index >= 15 is 0 Å². The van der Waals surface area contributed by atoms with E-state index in [9.17, 15) is 0 Å². The summed E-state index contributed by atoms with van der Waals surface area (Å²) in [6.07, 6.45) is 2.76. The van der Waals surface area contributed by atoms with Crippen LogP contribution in [0.1, 0.15) is 62.2 Å². The molecule has 0 amide bonds. The van der Waals surface area contributed by atoms with Crippen molar-refractivity contribution in [2.45, 2.75) is 65.5 Å². The van der Waals surface area contributed by atoms with E-state index in [-0.39, 0.29) is 35.6 Å². The highest BCUT2D eigenvalue weighted by Crippen LogP contribution is 2.39. The number of halogens is 1. The van der Waals surface area contributed by atoms with Crippen LogP contribution in [0.15, 0.2) is 33.8 Å². The molecule has 7 heteroatoms. The Labute approximate surface area is 190 Å². The second-order valence-corrected chi connectivity index (χ2v) is 7.97. The first-order valence-corrected chi connectivity index (χ1v) is 10.1. The van der Waals surface area contributed by atoms with Gasteiger partial charge in [0, 0.05) is 30.6 Å². The summed E-state index contributed by atoms with van der Waals surface area (Å²) in [6.45, 7) is 11.9. The number of rotatable bonds is 6. The van der Waals surface area contributed by atoms with Crippen LogP contribution in [0.4, 0.5) is 0 Å². The van der Waals surface area contributed by atoms with E-state index in [1.807, 2.05) is 26.0 Å². The van der Waals surface area contributed by atoms with E-state index in [0.717, 1.165) is 55.5 Å². The number of para-hydroxylation sites is 1. The molecule has 0 radical (unpaired) electrons. The van der Waals surface area contributed by atoms with Gasteiger partial charge < -0.3 is 19.9 Å². The second kappa shape index (κ2) is 10.3. The molecular formula is C22H33IN4O2. The van der Waals surface area contributed by atoms with Gasteiger partial charge in [-0.3, -0.25) is 4.99 Å². The molecule has 2 heterocycles. The van der Waals surface area contributed by atoms with Gasteiger partial charge in [-0.05, 0) is 53.5 Å². The smallest absolute Gasteiger partial charge is 0.191 e. The van der Waals surface area contributed by atoms with Crippen LogP contribution in [0.25, 0.3) is 0 Å². The van der Waals surface area contributed by atoms with Crippen LogP contribution in [-0.4, -0.2) is 29.8 Å². The molecule has 1 unspecified atom stereocenters. The molecular weight excluding hydrogens is 479 g/mol. The van der Waals surface area contributed by atoms with E-state index in [4.69, 9.17) is 14.3 Å². The highest BCUT2D eigenvalue weighted by molar-refractivity contribution is 14.0. The van der Waals surface area contributed by atoms with Crippen molar-refractivity contribution >= 4 is 29.9 Å². The van der Waals surface area contributed by atoms with E-state index in [1.165, 1.54) is 11.1 Å². The summed E-state index contributed by atoms with van der Waals surface area (Å²) < 4.78 is 11.4. The van der Waals surface area contributed by atoms with Crippen LogP contribution in [0.2, 0.25) is 0 Å². The third kappa shape index (κ3) is 6.10.